The number of hydrogen-bond donors (Lipinski definition) is 1. The van der Waals surface area contributed by atoms with Gasteiger partial charge in [0.15, 0.2) is 0 Å². The van der Waals surface area contributed by atoms with E-state index in [0.717, 1.165) is 0 Å². The van der Waals surface area contributed by atoms with Crippen LogP contribution in [0.5, 0.6) is 0 Å². The molecule has 0 saturated carbocycles. The fraction of sp³-hybridized carbons (Fsp3) is 0.143. The molecule has 0 aliphatic rings. The molecular weight excluding hydrogens is 182 g/mol. The summed E-state index contributed by atoms with van der Waals surface area (Å²) in [6, 6.07) is 1.38. The topological polar surface area (TPSA) is 59.2 Å². The Bertz CT molecular complexity index is 358. The van der Waals surface area contributed by atoms with Crippen LogP contribution in [0.4, 0.5) is 0 Å². The first-order chi connectivity index (χ1) is 5.66. The van der Waals surface area contributed by atoms with Gasteiger partial charge >= 0.3 is 5.97 Å². The monoisotopic (exact) mass is 187 g/mol. The first kappa shape index (κ1) is 8.80. The second-order valence-corrected chi connectivity index (χ2v) is 2.40. The third kappa shape index (κ3) is 1.48. The molecule has 64 valence electrons. The molecule has 1 rings (SSSR count). The lowest BCUT2D eigenvalue weighted by Gasteiger charge is -1.98. The van der Waals surface area contributed by atoms with E-state index < -0.39 is 11.5 Å². The number of aromatic nitrogens is 1. The molecule has 0 saturated heterocycles. The zero-order chi connectivity index (χ0) is 9.14. The van der Waals surface area contributed by atoms with Crippen molar-refractivity contribution < 1.29 is 9.53 Å². The van der Waals surface area contributed by atoms with Crippen LogP contribution in [-0.4, -0.2) is 18.1 Å². The molecular formula is C7H6ClNO3. The van der Waals surface area contributed by atoms with Gasteiger partial charge in [0.2, 0.25) is 0 Å². The fourth-order valence-electron chi connectivity index (χ4n) is 0.727. The number of H-pyrrole nitrogens is 1. The van der Waals surface area contributed by atoms with Crippen molar-refractivity contribution in [3.8, 4) is 0 Å². The van der Waals surface area contributed by atoms with Crippen LogP contribution in [0, 0.1) is 0 Å². The smallest absolute Gasteiger partial charge is 0.339 e. The average Bonchev–Trinajstić information content (AvgIpc) is 2.08. The predicted molar refractivity (Wildman–Crippen MR) is 43.4 cm³/mol. The van der Waals surface area contributed by atoms with Gasteiger partial charge in [-0.15, -0.1) is 0 Å². The van der Waals surface area contributed by atoms with Crippen molar-refractivity contribution in [2.24, 2.45) is 0 Å². The van der Waals surface area contributed by atoms with E-state index in [2.05, 4.69) is 9.72 Å². The molecule has 0 unspecified atom stereocenters. The van der Waals surface area contributed by atoms with Gasteiger partial charge < -0.3 is 9.72 Å². The number of ether oxygens (including phenoxy) is 1. The molecule has 0 aliphatic carbocycles. The second-order valence-electron chi connectivity index (χ2n) is 2.03. The number of halogens is 1. The van der Waals surface area contributed by atoms with Crippen molar-refractivity contribution in [1.29, 1.82) is 0 Å². The summed E-state index contributed by atoms with van der Waals surface area (Å²) in [5, 5.41) is -0.149. The summed E-state index contributed by atoms with van der Waals surface area (Å²) in [6.45, 7) is 0. The van der Waals surface area contributed by atoms with Crippen LogP contribution in [-0.2, 0) is 4.74 Å². The molecule has 12 heavy (non-hydrogen) atoms. The van der Waals surface area contributed by atoms with E-state index in [1.54, 1.807) is 0 Å². The quantitative estimate of drug-likeness (QED) is 0.662. The van der Waals surface area contributed by atoms with Gasteiger partial charge in [0.05, 0.1) is 12.7 Å². The van der Waals surface area contributed by atoms with E-state index in [-0.39, 0.29) is 10.6 Å². The molecule has 0 fully saturated rings. The average molecular weight is 188 g/mol. The maximum Gasteiger partial charge on any atom is 0.339 e. The number of methoxy groups -OCH3 is 1. The number of hydrogen-bond acceptors (Lipinski definition) is 3. The molecule has 0 atom stereocenters. The molecule has 5 heteroatoms. The van der Waals surface area contributed by atoms with Crippen molar-refractivity contribution in [3.05, 3.63) is 33.2 Å². The maximum atomic E-state index is 10.9. The Morgan fingerprint density at radius 2 is 2.33 bits per heavy atom. The first-order valence-corrected chi connectivity index (χ1v) is 3.50. The van der Waals surface area contributed by atoms with E-state index in [9.17, 15) is 9.59 Å². The van der Waals surface area contributed by atoms with Crippen LogP contribution in [0.1, 0.15) is 10.4 Å². The zero-order valence-electron chi connectivity index (χ0n) is 6.26. The summed E-state index contributed by atoms with van der Waals surface area (Å²) in [5.74, 6) is -0.619. The summed E-state index contributed by atoms with van der Waals surface area (Å²) in [5.41, 5.74) is -0.428. The number of carbonyl (C=O) groups excluding carboxylic acids is 1. The maximum absolute atomic E-state index is 10.9. The van der Waals surface area contributed by atoms with Crippen LogP contribution in [0.25, 0.3) is 0 Å². The van der Waals surface area contributed by atoms with Gasteiger partial charge in [0.1, 0.15) is 5.02 Å². The molecule has 1 N–H and O–H groups in total. The van der Waals surface area contributed by atoms with Gasteiger partial charge in [-0.25, -0.2) is 4.79 Å². The molecule has 0 bridgehead atoms. The molecule has 0 spiro atoms. The summed E-state index contributed by atoms with van der Waals surface area (Å²) >= 11 is 5.52. The molecule has 0 amide bonds. The normalized spacial score (nSPS) is 9.50. The Morgan fingerprint density at radius 1 is 1.67 bits per heavy atom. The molecule has 0 aliphatic heterocycles. The summed E-state index contributed by atoms with van der Waals surface area (Å²) in [6.07, 6.45) is 1.33. The third-order valence-electron chi connectivity index (χ3n) is 1.31. The minimum Gasteiger partial charge on any atom is -0.465 e. The summed E-state index contributed by atoms with van der Waals surface area (Å²) in [7, 11) is 1.22. The number of pyridine rings is 1. The Balaban J connectivity index is 3.26. The SMILES string of the molecule is COC(=O)c1cc[nH]c(=O)c1Cl. The fourth-order valence-corrected chi connectivity index (χ4v) is 0.922. The van der Waals surface area contributed by atoms with E-state index in [1.165, 1.54) is 19.4 Å². The lowest BCUT2D eigenvalue weighted by atomic mass is 10.3. The van der Waals surface area contributed by atoms with Crippen LogP contribution in [0.15, 0.2) is 17.1 Å². The Morgan fingerprint density at radius 3 is 2.92 bits per heavy atom. The highest BCUT2D eigenvalue weighted by atomic mass is 35.5. The molecule has 4 nitrogen and oxygen atoms in total. The van der Waals surface area contributed by atoms with Crippen molar-refractivity contribution in [2.75, 3.05) is 7.11 Å². The lowest BCUT2D eigenvalue weighted by Crippen LogP contribution is -2.12. The van der Waals surface area contributed by atoms with Gasteiger partial charge in [-0.3, -0.25) is 4.79 Å². The van der Waals surface area contributed by atoms with E-state index in [4.69, 9.17) is 11.6 Å². The van der Waals surface area contributed by atoms with Crippen LogP contribution >= 0.6 is 11.6 Å². The van der Waals surface area contributed by atoms with E-state index in [0.29, 0.717) is 0 Å². The van der Waals surface area contributed by atoms with Gasteiger partial charge in [-0.1, -0.05) is 11.6 Å². The Hall–Kier alpha value is -1.29. The highest BCUT2D eigenvalue weighted by Gasteiger charge is 2.11. The number of rotatable bonds is 1. The van der Waals surface area contributed by atoms with Gasteiger partial charge in [-0.2, -0.15) is 0 Å². The molecule has 0 aromatic carbocycles. The molecule has 1 heterocycles. The van der Waals surface area contributed by atoms with E-state index >= 15 is 0 Å². The summed E-state index contributed by atoms with van der Waals surface area (Å²) in [4.78, 5) is 24.1. The molecule has 0 radical (unpaired) electrons. The number of nitrogens with one attached hydrogen (secondary N) is 1. The Kier molecular flexibility index (Phi) is 2.50. The Labute approximate surface area is 73.1 Å². The van der Waals surface area contributed by atoms with Crippen molar-refractivity contribution in [1.82, 2.24) is 4.98 Å². The minimum absolute atomic E-state index is 0.0721. The highest BCUT2D eigenvalue weighted by Crippen LogP contribution is 2.09. The van der Waals surface area contributed by atoms with Gasteiger partial charge in [0.25, 0.3) is 5.56 Å². The highest BCUT2D eigenvalue weighted by molar-refractivity contribution is 6.33. The predicted octanol–water partition coefficient (Wildman–Crippen LogP) is 0.815. The first-order valence-electron chi connectivity index (χ1n) is 3.12. The third-order valence-corrected chi connectivity index (χ3v) is 1.68. The number of carbonyl (C=O) groups is 1. The molecule has 1 aromatic heterocycles. The van der Waals surface area contributed by atoms with Crippen molar-refractivity contribution in [3.63, 3.8) is 0 Å². The molecule has 1 aromatic rings. The minimum atomic E-state index is -0.619. The number of esters is 1. The summed E-state index contributed by atoms with van der Waals surface area (Å²) < 4.78 is 4.40. The van der Waals surface area contributed by atoms with Gasteiger partial charge in [-0.05, 0) is 6.07 Å². The van der Waals surface area contributed by atoms with Crippen molar-refractivity contribution in [2.45, 2.75) is 0 Å². The number of aromatic amines is 1. The zero-order valence-corrected chi connectivity index (χ0v) is 7.01. The largest absolute Gasteiger partial charge is 0.465 e. The standard InChI is InChI=1S/C7H6ClNO3/c1-12-7(11)4-2-3-9-6(10)5(4)8/h2-3H,1H3,(H,9,10). The van der Waals surface area contributed by atoms with Crippen LogP contribution < -0.4 is 5.56 Å². The van der Waals surface area contributed by atoms with Crippen LogP contribution in [0.3, 0.4) is 0 Å². The van der Waals surface area contributed by atoms with Crippen LogP contribution in [0.2, 0.25) is 5.02 Å². The van der Waals surface area contributed by atoms with Crippen molar-refractivity contribution >= 4 is 17.6 Å². The van der Waals surface area contributed by atoms with E-state index in [1.807, 2.05) is 0 Å². The van der Waals surface area contributed by atoms with Gasteiger partial charge in [0, 0.05) is 6.20 Å². The lowest BCUT2D eigenvalue weighted by molar-refractivity contribution is 0.0600. The second kappa shape index (κ2) is 3.40.